The molecule has 0 amide bonds. The zero-order valence-electron chi connectivity index (χ0n) is 23.4. The van der Waals surface area contributed by atoms with Gasteiger partial charge in [0, 0.05) is 16.7 Å². The maximum absolute atomic E-state index is 12.9. The molecule has 0 aromatic heterocycles. The molecular weight excluding hydrogens is 472 g/mol. The molecule has 6 N–H and O–H groups in total. The predicted molar refractivity (Wildman–Crippen MR) is 138 cm³/mol. The maximum Gasteiger partial charge on any atom is 0.310 e. The molecule has 2 unspecified atom stereocenters. The number of rotatable bonds is 2. The Morgan fingerprint density at radius 1 is 1.03 bits per heavy atom. The molecule has 0 radical (unpaired) electrons. The molecule has 5 rings (SSSR count). The number of aliphatic hydroxyl groups excluding tert-OH is 4. The van der Waals surface area contributed by atoms with Crippen molar-refractivity contribution in [2.75, 3.05) is 6.61 Å². The number of aliphatic carboxylic acids is 1. The number of carboxylic acids is 1. The van der Waals surface area contributed by atoms with E-state index in [1.165, 1.54) is 0 Å². The van der Waals surface area contributed by atoms with Crippen LogP contribution in [0.4, 0.5) is 0 Å². The molecule has 37 heavy (non-hydrogen) atoms. The quantitative estimate of drug-likeness (QED) is 0.308. The Morgan fingerprint density at radius 3 is 2.27 bits per heavy atom. The molecule has 210 valence electrons. The molecule has 0 aromatic rings. The van der Waals surface area contributed by atoms with Gasteiger partial charge in [0.2, 0.25) is 0 Å². The van der Waals surface area contributed by atoms with E-state index < -0.39 is 62.9 Å². The summed E-state index contributed by atoms with van der Waals surface area (Å²) in [7, 11) is 0. The van der Waals surface area contributed by atoms with Gasteiger partial charge in [0.1, 0.15) is 0 Å². The van der Waals surface area contributed by atoms with Gasteiger partial charge in [-0.05, 0) is 80.5 Å². The van der Waals surface area contributed by atoms with Gasteiger partial charge in [-0.2, -0.15) is 0 Å². The number of allylic oxidation sites excluding steroid dienone is 1. The van der Waals surface area contributed by atoms with E-state index in [9.17, 15) is 35.4 Å². The van der Waals surface area contributed by atoms with Gasteiger partial charge in [-0.1, -0.05) is 46.3 Å². The van der Waals surface area contributed by atoms with Gasteiger partial charge in [-0.3, -0.25) is 4.79 Å². The SMILES string of the molecule is C[C@@H]1CC[C@]2(C(=O)O)CC[C@]3(C)C(=CC[C@H]4[C@@]3(C)[C@H](O)CC3C(C)(CO)[C@@H](O)[C@H](O)C[C@@]34C)[C@@H]2[C@]1(C)O. The number of carboxylic acid groups (broad SMARTS) is 1. The van der Waals surface area contributed by atoms with E-state index in [2.05, 4.69) is 26.8 Å². The third-order valence-electron chi connectivity index (χ3n) is 13.7. The first-order valence-electron chi connectivity index (χ1n) is 14.3. The molecule has 5 aliphatic carbocycles. The summed E-state index contributed by atoms with van der Waals surface area (Å²) in [6, 6.07) is 0. The first-order chi connectivity index (χ1) is 17.0. The second kappa shape index (κ2) is 8.03. The number of hydrogen-bond donors (Lipinski definition) is 6. The maximum atomic E-state index is 12.9. The molecule has 7 nitrogen and oxygen atoms in total. The number of hydrogen-bond acceptors (Lipinski definition) is 6. The lowest BCUT2D eigenvalue weighted by atomic mass is 9.32. The van der Waals surface area contributed by atoms with Crippen molar-refractivity contribution in [1.29, 1.82) is 0 Å². The van der Waals surface area contributed by atoms with E-state index >= 15 is 0 Å². The van der Waals surface area contributed by atoms with Crippen LogP contribution in [-0.2, 0) is 4.79 Å². The molecule has 0 spiro atoms. The molecule has 4 saturated carbocycles. The summed E-state index contributed by atoms with van der Waals surface area (Å²) in [6.45, 7) is 11.8. The highest BCUT2D eigenvalue weighted by Crippen LogP contribution is 2.76. The lowest BCUT2D eigenvalue weighted by molar-refractivity contribution is -0.274. The molecule has 0 bridgehead atoms. The fourth-order valence-corrected chi connectivity index (χ4v) is 11.0. The van der Waals surface area contributed by atoms with Gasteiger partial charge in [0.25, 0.3) is 0 Å². The lowest BCUT2D eigenvalue weighted by Crippen LogP contribution is -2.72. The summed E-state index contributed by atoms with van der Waals surface area (Å²) in [5.41, 5.74) is -3.76. The summed E-state index contributed by atoms with van der Waals surface area (Å²) in [5.74, 6) is -1.64. The van der Waals surface area contributed by atoms with Crippen LogP contribution >= 0.6 is 0 Å². The van der Waals surface area contributed by atoms with Crippen LogP contribution in [0.2, 0.25) is 0 Å². The van der Waals surface area contributed by atoms with Gasteiger partial charge >= 0.3 is 5.97 Å². The van der Waals surface area contributed by atoms with Gasteiger partial charge in [-0.15, -0.1) is 0 Å². The van der Waals surface area contributed by atoms with E-state index in [1.807, 2.05) is 13.8 Å². The van der Waals surface area contributed by atoms with Crippen LogP contribution in [0.3, 0.4) is 0 Å². The molecule has 5 aliphatic rings. The van der Waals surface area contributed by atoms with Crippen molar-refractivity contribution < 1.29 is 35.4 Å². The molecule has 0 aliphatic heterocycles. The smallest absolute Gasteiger partial charge is 0.310 e. The summed E-state index contributed by atoms with van der Waals surface area (Å²) < 4.78 is 0. The number of fused-ring (bicyclic) bond motifs is 7. The third-order valence-corrected chi connectivity index (χ3v) is 13.7. The standard InChI is InChI=1S/C30H48O7/c1-16-9-10-30(24(35)36)12-11-27(4)17(22(30)29(16,6)37)7-8-19-25(2)14-18(32)23(34)26(3,15-31)20(25)13-21(33)28(19,27)5/h7,16,18-23,31-34,37H,8-15H2,1-6H3,(H,35,36)/t16-,18-,19-,20?,21-,22-,23+,25-,26?,27-,28+,29-,30+/m1/s1. The van der Waals surface area contributed by atoms with Crippen LogP contribution in [0.5, 0.6) is 0 Å². The highest BCUT2D eigenvalue weighted by molar-refractivity contribution is 5.77. The van der Waals surface area contributed by atoms with E-state index in [-0.39, 0.29) is 24.4 Å². The van der Waals surface area contributed by atoms with E-state index in [1.54, 1.807) is 6.92 Å². The zero-order valence-corrected chi connectivity index (χ0v) is 23.4. The van der Waals surface area contributed by atoms with Gasteiger partial charge in [0.05, 0.1) is 35.9 Å². The van der Waals surface area contributed by atoms with Crippen molar-refractivity contribution in [2.45, 2.75) is 110 Å². The Kier molecular flexibility index (Phi) is 5.98. The van der Waals surface area contributed by atoms with Gasteiger partial charge in [0.15, 0.2) is 0 Å². The second-order valence-corrected chi connectivity index (χ2v) is 14.8. The third kappa shape index (κ3) is 3.04. The molecule has 0 saturated heterocycles. The normalized spacial score (nSPS) is 59.3. The summed E-state index contributed by atoms with van der Waals surface area (Å²) >= 11 is 0. The summed E-state index contributed by atoms with van der Waals surface area (Å²) in [6.07, 6.45) is 3.06. The average molecular weight is 521 g/mol. The van der Waals surface area contributed by atoms with Crippen LogP contribution in [0, 0.1) is 50.7 Å². The average Bonchev–Trinajstić information content (AvgIpc) is 2.82. The summed E-state index contributed by atoms with van der Waals surface area (Å²) in [5, 5.41) is 66.8. The Bertz CT molecular complexity index is 1010. The minimum absolute atomic E-state index is 0.0428. The Balaban J connectivity index is 1.68. The van der Waals surface area contributed by atoms with Crippen molar-refractivity contribution in [3.63, 3.8) is 0 Å². The van der Waals surface area contributed by atoms with E-state index in [0.29, 0.717) is 44.9 Å². The molecule has 0 heterocycles. The fourth-order valence-electron chi connectivity index (χ4n) is 11.0. The molecule has 13 atom stereocenters. The van der Waals surface area contributed by atoms with Crippen LogP contribution in [0.1, 0.15) is 86.5 Å². The van der Waals surface area contributed by atoms with Crippen LogP contribution in [0.15, 0.2) is 11.6 Å². The Hall–Kier alpha value is -0.990. The monoisotopic (exact) mass is 520 g/mol. The highest BCUT2D eigenvalue weighted by Gasteiger charge is 2.74. The minimum Gasteiger partial charge on any atom is -0.481 e. The zero-order chi connectivity index (χ0) is 27.6. The Morgan fingerprint density at radius 2 is 1.68 bits per heavy atom. The Labute approximate surface area is 221 Å². The molecule has 7 heteroatoms. The molecule has 4 fully saturated rings. The van der Waals surface area contributed by atoms with Crippen LogP contribution in [0.25, 0.3) is 0 Å². The van der Waals surface area contributed by atoms with Crippen LogP contribution in [-0.4, -0.2) is 67.1 Å². The van der Waals surface area contributed by atoms with Crippen molar-refractivity contribution in [1.82, 2.24) is 0 Å². The lowest BCUT2D eigenvalue weighted by Gasteiger charge is -2.73. The first kappa shape index (κ1) is 27.6. The molecule has 0 aromatic carbocycles. The largest absolute Gasteiger partial charge is 0.481 e. The second-order valence-electron chi connectivity index (χ2n) is 14.8. The first-order valence-corrected chi connectivity index (χ1v) is 14.3. The van der Waals surface area contributed by atoms with E-state index in [4.69, 9.17) is 0 Å². The number of aliphatic hydroxyl groups is 5. The van der Waals surface area contributed by atoms with Crippen molar-refractivity contribution in [3.05, 3.63) is 11.6 Å². The fraction of sp³-hybridized carbons (Fsp3) is 0.900. The van der Waals surface area contributed by atoms with Crippen molar-refractivity contribution in [2.24, 2.45) is 50.7 Å². The topological polar surface area (TPSA) is 138 Å². The summed E-state index contributed by atoms with van der Waals surface area (Å²) in [4.78, 5) is 12.9. The predicted octanol–water partition coefficient (Wildman–Crippen LogP) is 3.12. The van der Waals surface area contributed by atoms with Crippen molar-refractivity contribution >= 4 is 5.97 Å². The minimum atomic E-state index is -1.18. The van der Waals surface area contributed by atoms with Crippen LogP contribution < -0.4 is 0 Å². The van der Waals surface area contributed by atoms with Gasteiger partial charge in [-0.25, -0.2) is 0 Å². The van der Waals surface area contributed by atoms with Crippen molar-refractivity contribution in [3.8, 4) is 0 Å². The van der Waals surface area contributed by atoms with E-state index in [0.717, 1.165) is 5.57 Å². The van der Waals surface area contributed by atoms with Gasteiger partial charge < -0.3 is 30.6 Å². The highest BCUT2D eigenvalue weighted by atomic mass is 16.4. The molecular formula is C30H48O7. The number of carbonyl (C=O) groups is 1.